The highest BCUT2D eigenvalue weighted by Crippen LogP contribution is 2.24. The first-order chi connectivity index (χ1) is 9.87. The smallest absolute Gasteiger partial charge is 0.406 e. The van der Waals surface area contributed by atoms with Gasteiger partial charge in [0.15, 0.2) is 0 Å². The maximum atomic E-state index is 12.3. The zero-order valence-corrected chi connectivity index (χ0v) is 11.6. The zero-order valence-electron chi connectivity index (χ0n) is 11.6. The average molecular weight is 302 g/mol. The monoisotopic (exact) mass is 302 g/mol. The molecule has 1 aliphatic heterocycles. The molecule has 1 fully saturated rings. The summed E-state index contributed by atoms with van der Waals surface area (Å²) in [7, 11) is 1.66. The Hall–Kier alpha value is -1.76. The maximum absolute atomic E-state index is 12.3. The summed E-state index contributed by atoms with van der Waals surface area (Å²) in [5.41, 5.74) is 0.185. The molecule has 1 saturated heterocycles. The highest BCUT2D eigenvalue weighted by molar-refractivity contribution is 5.94. The Bertz CT molecular complexity index is 499. The van der Waals surface area contributed by atoms with Gasteiger partial charge in [-0.3, -0.25) is 4.79 Å². The Morgan fingerprint density at radius 2 is 2.19 bits per heavy atom. The molecule has 7 heteroatoms. The third-order valence-electron chi connectivity index (χ3n) is 3.45. The number of piperidine rings is 1. The van der Waals surface area contributed by atoms with Gasteiger partial charge < -0.3 is 15.0 Å². The minimum atomic E-state index is -4.76. The molecule has 1 atom stereocenters. The van der Waals surface area contributed by atoms with E-state index in [1.54, 1.807) is 11.9 Å². The van der Waals surface area contributed by atoms with Crippen LogP contribution in [0.4, 0.5) is 13.2 Å². The lowest BCUT2D eigenvalue weighted by atomic mass is 10.1. The molecule has 0 unspecified atom stereocenters. The van der Waals surface area contributed by atoms with E-state index < -0.39 is 6.36 Å². The molecule has 1 aliphatic rings. The number of benzene rings is 1. The number of hydrogen-bond donors (Lipinski definition) is 1. The predicted octanol–water partition coefficient (Wildman–Crippen LogP) is 2.41. The summed E-state index contributed by atoms with van der Waals surface area (Å²) in [5.74, 6) is -0.695. The van der Waals surface area contributed by atoms with Gasteiger partial charge in [0.1, 0.15) is 5.75 Å². The second-order valence-corrected chi connectivity index (χ2v) is 4.99. The molecule has 1 aromatic rings. The van der Waals surface area contributed by atoms with E-state index in [2.05, 4.69) is 10.1 Å². The quantitative estimate of drug-likeness (QED) is 0.932. The van der Waals surface area contributed by atoms with Crippen molar-refractivity contribution in [2.45, 2.75) is 25.2 Å². The van der Waals surface area contributed by atoms with E-state index in [0.29, 0.717) is 6.54 Å². The third-order valence-corrected chi connectivity index (χ3v) is 3.45. The highest BCUT2D eigenvalue weighted by Gasteiger charge is 2.31. The molecule has 2 rings (SSSR count). The van der Waals surface area contributed by atoms with Crippen LogP contribution in [0.3, 0.4) is 0 Å². The number of hydrogen-bond acceptors (Lipinski definition) is 3. The number of amides is 1. The Morgan fingerprint density at radius 1 is 1.43 bits per heavy atom. The Labute approximate surface area is 120 Å². The fourth-order valence-corrected chi connectivity index (χ4v) is 2.36. The summed E-state index contributed by atoms with van der Waals surface area (Å²) in [6.07, 6.45) is -2.91. The first-order valence-corrected chi connectivity index (χ1v) is 6.70. The summed E-state index contributed by atoms with van der Waals surface area (Å²) in [5, 5.41) is 3.20. The Balaban J connectivity index is 2.09. The molecule has 1 amide bonds. The fraction of sp³-hybridized carbons (Fsp3) is 0.500. The predicted molar refractivity (Wildman–Crippen MR) is 71.1 cm³/mol. The van der Waals surface area contributed by atoms with Crippen LogP contribution >= 0.6 is 0 Å². The van der Waals surface area contributed by atoms with Crippen LogP contribution in [-0.2, 0) is 0 Å². The highest BCUT2D eigenvalue weighted by atomic mass is 19.4. The summed E-state index contributed by atoms with van der Waals surface area (Å²) in [6.45, 7) is 1.62. The van der Waals surface area contributed by atoms with Gasteiger partial charge in [0, 0.05) is 25.2 Å². The summed E-state index contributed by atoms with van der Waals surface area (Å²) < 4.78 is 40.4. The van der Waals surface area contributed by atoms with Crippen LogP contribution in [0.5, 0.6) is 5.75 Å². The molecule has 0 radical (unpaired) electrons. The van der Waals surface area contributed by atoms with Gasteiger partial charge in [-0.2, -0.15) is 0 Å². The van der Waals surface area contributed by atoms with Crippen LogP contribution in [0.25, 0.3) is 0 Å². The Kier molecular flexibility index (Phi) is 4.72. The van der Waals surface area contributed by atoms with E-state index in [0.717, 1.165) is 25.5 Å². The summed E-state index contributed by atoms with van der Waals surface area (Å²) in [4.78, 5) is 13.9. The molecule has 116 valence electrons. The van der Waals surface area contributed by atoms with Gasteiger partial charge in [0.25, 0.3) is 5.91 Å². The number of carbonyl (C=O) groups excluding carboxylic acids is 1. The molecule has 4 nitrogen and oxygen atoms in total. The lowest BCUT2D eigenvalue weighted by Crippen LogP contribution is -2.46. The van der Waals surface area contributed by atoms with E-state index in [1.807, 2.05) is 0 Å². The lowest BCUT2D eigenvalue weighted by molar-refractivity contribution is -0.274. The molecule has 1 aromatic carbocycles. The second kappa shape index (κ2) is 6.34. The van der Waals surface area contributed by atoms with Crippen LogP contribution in [0.15, 0.2) is 24.3 Å². The van der Waals surface area contributed by atoms with Crippen molar-refractivity contribution in [3.05, 3.63) is 29.8 Å². The van der Waals surface area contributed by atoms with Crippen molar-refractivity contribution in [2.75, 3.05) is 20.1 Å². The molecule has 0 aromatic heterocycles. The van der Waals surface area contributed by atoms with E-state index in [4.69, 9.17) is 0 Å². The van der Waals surface area contributed by atoms with Crippen molar-refractivity contribution in [3.8, 4) is 5.75 Å². The molecular formula is C14H17F3N2O2. The SMILES string of the molecule is CN(C(=O)c1cccc(OC(F)(F)F)c1)[C@@H]1CCCNC1. The van der Waals surface area contributed by atoms with Crippen LogP contribution in [0, 0.1) is 0 Å². The number of halogens is 3. The molecule has 21 heavy (non-hydrogen) atoms. The maximum Gasteiger partial charge on any atom is 0.573 e. The normalized spacial score (nSPS) is 19.1. The van der Waals surface area contributed by atoms with E-state index >= 15 is 0 Å². The van der Waals surface area contributed by atoms with Crippen LogP contribution < -0.4 is 10.1 Å². The van der Waals surface area contributed by atoms with Gasteiger partial charge in [-0.15, -0.1) is 13.2 Å². The standard InChI is InChI=1S/C14H17F3N2O2/c1-19(11-5-3-7-18-9-11)13(20)10-4-2-6-12(8-10)21-14(15,16)17/h2,4,6,8,11,18H,3,5,7,9H2,1H3/t11-/m1/s1. The molecule has 0 saturated carbocycles. The molecule has 1 N–H and O–H groups in total. The average Bonchev–Trinajstić information content (AvgIpc) is 2.45. The van der Waals surface area contributed by atoms with Crippen LogP contribution in [-0.4, -0.2) is 43.3 Å². The van der Waals surface area contributed by atoms with Crippen molar-refractivity contribution >= 4 is 5.91 Å². The van der Waals surface area contributed by atoms with Gasteiger partial charge in [-0.1, -0.05) is 6.07 Å². The number of ether oxygens (including phenoxy) is 1. The molecule has 0 spiro atoms. The van der Waals surface area contributed by atoms with E-state index in [-0.39, 0.29) is 23.3 Å². The number of likely N-dealkylation sites (N-methyl/N-ethyl adjacent to an activating group) is 1. The fourth-order valence-electron chi connectivity index (χ4n) is 2.36. The van der Waals surface area contributed by atoms with Crippen LogP contribution in [0.1, 0.15) is 23.2 Å². The number of nitrogens with one attached hydrogen (secondary N) is 1. The number of nitrogens with zero attached hydrogens (tertiary/aromatic N) is 1. The van der Waals surface area contributed by atoms with Crippen molar-refractivity contribution in [1.29, 1.82) is 0 Å². The van der Waals surface area contributed by atoms with E-state index in [9.17, 15) is 18.0 Å². The van der Waals surface area contributed by atoms with Gasteiger partial charge in [-0.25, -0.2) is 0 Å². The minimum absolute atomic E-state index is 0.0541. The zero-order chi connectivity index (χ0) is 15.5. The minimum Gasteiger partial charge on any atom is -0.406 e. The van der Waals surface area contributed by atoms with E-state index in [1.165, 1.54) is 18.2 Å². The number of carbonyl (C=O) groups is 1. The summed E-state index contributed by atoms with van der Waals surface area (Å²) in [6, 6.07) is 5.20. The summed E-state index contributed by atoms with van der Waals surface area (Å²) >= 11 is 0. The molecular weight excluding hydrogens is 285 g/mol. The molecule has 0 aliphatic carbocycles. The number of alkyl halides is 3. The molecule has 0 bridgehead atoms. The first kappa shape index (κ1) is 15.6. The topological polar surface area (TPSA) is 41.6 Å². The van der Waals surface area contributed by atoms with Gasteiger partial charge in [-0.05, 0) is 37.6 Å². The van der Waals surface area contributed by atoms with Gasteiger partial charge >= 0.3 is 6.36 Å². The second-order valence-electron chi connectivity index (χ2n) is 4.99. The third kappa shape index (κ3) is 4.35. The number of rotatable bonds is 3. The Morgan fingerprint density at radius 3 is 2.81 bits per heavy atom. The van der Waals surface area contributed by atoms with Crippen LogP contribution in [0.2, 0.25) is 0 Å². The van der Waals surface area contributed by atoms with Crippen molar-refractivity contribution < 1.29 is 22.7 Å². The lowest BCUT2D eigenvalue weighted by Gasteiger charge is -2.31. The van der Waals surface area contributed by atoms with Crippen molar-refractivity contribution in [2.24, 2.45) is 0 Å². The van der Waals surface area contributed by atoms with Crippen molar-refractivity contribution in [1.82, 2.24) is 10.2 Å². The van der Waals surface area contributed by atoms with Gasteiger partial charge in [0.2, 0.25) is 0 Å². The molecule has 1 heterocycles. The largest absolute Gasteiger partial charge is 0.573 e. The van der Waals surface area contributed by atoms with Gasteiger partial charge in [0.05, 0.1) is 0 Å². The van der Waals surface area contributed by atoms with Crippen molar-refractivity contribution in [3.63, 3.8) is 0 Å². The first-order valence-electron chi connectivity index (χ1n) is 6.70.